The standard InChI is InChI=1S/C28H34N4O2.C27H31ClN4O3.C27H35N5O4/c1-19-8-9-22-23(31(19)27(33)34-2)10-11-24-26(22)30-25(16-20-6-4-3-5-7-20)32(24)21-17-28(18-21)12-14-29-15-13-28;1-16-7-10-22-23(31(16)27(34)35-3)11-12-24-26(22)30-25(14-20-9-8-19(28)15-29-20)32(24)21-6-4-5-18(13-21)17(2)33;1-19-7-8-21-22(32(19)27(34)35-3)9-10-23-26(21)28-24(11-14-30-13-5-4-6-25(30)33)31(23)16-15-29(2)20-12-17-36-18-20/h3-7,10-11,19,21,29H,8-9,12-18H2,1-2H3;8-9,11-12,15-16,18,21H,4-7,10,13-14H2,1-3H3;4-6,9-10,13,19-20H,7-8,11-12,14-18H2,1-3H3/t19-;16-,18+,21+;19-,20-/m000/s1. The average Bonchev–Trinajstić information content (AvgIpc) is 1.63. The first-order valence-corrected chi connectivity index (χ1v) is 38.3. The van der Waals surface area contributed by atoms with Gasteiger partial charge in [-0.2, -0.15) is 0 Å². The largest absolute Gasteiger partial charge is 0.452 e. The van der Waals surface area contributed by atoms with E-state index in [1.54, 1.807) is 39.6 Å². The number of nitrogens with zero attached hydrogens (tertiary/aromatic N) is 12. The Morgan fingerprint density at radius 3 is 1.72 bits per heavy atom. The molecule has 5 aromatic heterocycles. The Balaban J connectivity index is 0.000000133. The van der Waals surface area contributed by atoms with Crippen LogP contribution in [0, 0.1) is 11.3 Å². The third-order valence-electron chi connectivity index (χ3n) is 23.7. The Morgan fingerprint density at radius 2 is 1.18 bits per heavy atom. The molecule has 554 valence electrons. The molecule has 3 amide bonds. The van der Waals surface area contributed by atoms with Crippen LogP contribution in [0.5, 0.6) is 0 Å². The van der Waals surface area contributed by atoms with Crippen LogP contribution in [0.25, 0.3) is 33.1 Å². The highest BCUT2D eigenvalue weighted by Gasteiger charge is 2.47. The van der Waals surface area contributed by atoms with Crippen molar-refractivity contribution in [3.63, 3.8) is 0 Å². The third kappa shape index (κ3) is 14.9. The molecule has 2 aliphatic carbocycles. The van der Waals surface area contributed by atoms with Gasteiger partial charge in [-0.1, -0.05) is 54.4 Å². The number of piperidine rings is 1. The van der Waals surface area contributed by atoms with Crippen molar-refractivity contribution in [2.24, 2.45) is 11.3 Å². The second kappa shape index (κ2) is 31.6. The number of Topliss-reactive ketones (excluding diaryl/α,β-unsaturated/α-hetero) is 1. The van der Waals surface area contributed by atoms with Crippen molar-refractivity contribution in [2.75, 3.05) is 75.9 Å². The SMILES string of the molecule is COC(=O)N1c2ccc3c(nc(CCn4ccccc4=O)n3CCN(C)[C@H]3CCOC3)c2CC[C@@H]1C.COC(=O)N1c2ccc3c(nc(Cc4ccc(Cl)cn4)n3[C@@H]3CCC[C@@H](C(C)=O)C3)c2CC[C@@H]1C.COC(=O)N1c2ccc3c(nc(Cc4ccccc4)n3C3CC4(CCNCC4)C3)c2CC[C@@H]1C. The van der Waals surface area contributed by atoms with Crippen molar-refractivity contribution in [1.82, 2.24) is 48.4 Å². The summed E-state index contributed by atoms with van der Waals surface area (Å²) in [5, 5.41) is 4.13. The van der Waals surface area contributed by atoms with Gasteiger partial charge in [0.1, 0.15) is 23.3 Å². The van der Waals surface area contributed by atoms with E-state index in [-0.39, 0.29) is 59.7 Å². The number of benzene rings is 4. The Hall–Kier alpha value is -8.96. The molecule has 0 bridgehead atoms. The number of carbonyl (C=O) groups is 4. The number of methoxy groups -OCH3 is 3. The van der Waals surface area contributed by atoms with Gasteiger partial charge < -0.3 is 42.5 Å². The summed E-state index contributed by atoms with van der Waals surface area (Å²) in [5.41, 5.74) is 15.0. The van der Waals surface area contributed by atoms with Crippen LogP contribution in [-0.4, -0.2) is 153 Å². The second-order valence-electron chi connectivity index (χ2n) is 30.2. The molecule has 0 unspecified atom stereocenters. The zero-order valence-corrected chi connectivity index (χ0v) is 62.8. The van der Waals surface area contributed by atoms with E-state index < -0.39 is 0 Å². The zero-order chi connectivity index (χ0) is 73.2. The van der Waals surface area contributed by atoms with Crippen molar-refractivity contribution in [1.29, 1.82) is 0 Å². The molecule has 5 aliphatic heterocycles. The average molecular weight is 1450 g/mol. The summed E-state index contributed by atoms with van der Waals surface area (Å²) in [7, 11) is 6.45. The first kappa shape index (κ1) is 73.0. The molecule has 23 heteroatoms. The summed E-state index contributed by atoms with van der Waals surface area (Å²) in [6, 6.07) is 33.6. The van der Waals surface area contributed by atoms with Gasteiger partial charge in [0, 0.05) is 129 Å². The maximum absolute atomic E-state index is 12.6. The minimum atomic E-state index is -0.348. The number of likely N-dealkylation sites (N-methyl/N-ethyl adjacent to an activating group) is 1. The van der Waals surface area contributed by atoms with E-state index in [0.717, 1.165) is 195 Å². The maximum Gasteiger partial charge on any atom is 0.414 e. The van der Waals surface area contributed by atoms with Crippen molar-refractivity contribution in [3.8, 4) is 0 Å². The molecular formula is C82H100ClN13O9. The molecule has 16 rings (SSSR count). The predicted molar refractivity (Wildman–Crippen MR) is 409 cm³/mol. The lowest BCUT2D eigenvalue weighted by Gasteiger charge is -2.51. The van der Waals surface area contributed by atoms with Crippen molar-refractivity contribution < 1.29 is 38.1 Å². The number of imidazole rings is 3. The van der Waals surface area contributed by atoms with Gasteiger partial charge in [0.2, 0.25) is 0 Å². The number of amides is 3. The van der Waals surface area contributed by atoms with Gasteiger partial charge >= 0.3 is 18.3 Å². The summed E-state index contributed by atoms with van der Waals surface area (Å²) >= 11 is 6.06. The molecule has 7 aliphatic rings. The number of hydrogen-bond acceptors (Lipinski definition) is 15. The van der Waals surface area contributed by atoms with Gasteiger partial charge in [-0.15, -0.1) is 0 Å². The van der Waals surface area contributed by atoms with Crippen LogP contribution in [0.2, 0.25) is 5.02 Å². The molecule has 105 heavy (non-hydrogen) atoms. The van der Waals surface area contributed by atoms with Crippen LogP contribution in [0.4, 0.5) is 31.4 Å². The van der Waals surface area contributed by atoms with E-state index in [2.05, 4.69) is 97.5 Å². The lowest BCUT2D eigenvalue weighted by molar-refractivity contribution is -0.122. The molecule has 6 atom stereocenters. The minimum Gasteiger partial charge on any atom is -0.452 e. The first-order chi connectivity index (χ1) is 50.9. The molecule has 0 radical (unpaired) electrons. The van der Waals surface area contributed by atoms with Gasteiger partial charge in [-0.05, 0) is 203 Å². The van der Waals surface area contributed by atoms with Crippen LogP contribution in [-0.2, 0) is 75.4 Å². The number of rotatable bonds is 14. The maximum atomic E-state index is 12.6. The highest BCUT2D eigenvalue weighted by Crippen LogP contribution is 2.55. The number of hydrogen-bond donors (Lipinski definition) is 1. The third-order valence-corrected chi connectivity index (χ3v) is 24.0. The topological polar surface area (TPSA) is 219 Å². The molecule has 9 aromatic rings. The lowest BCUT2D eigenvalue weighted by Crippen LogP contribution is -2.46. The lowest BCUT2D eigenvalue weighted by atomic mass is 9.60. The van der Waals surface area contributed by atoms with Gasteiger partial charge in [0.05, 0.1) is 83.1 Å². The Bertz CT molecular complexity index is 4700. The number of nitrogens with one attached hydrogen (secondary N) is 1. The fraction of sp³-hybridized carbons (Fsp3) is 0.500. The van der Waals surface area contributed by atoms with Crippen LogP contribution >= 0.6 is 11.6 Å². The Kier molecular flexibility index (Phi) is 22.0. The number of pyridine rings is 2. The Labute approximate surface area is 619 Å². The van der Waals surface area contributed by atoms with Gasteiger partial charge in [0.15, 0.2) is 0 Å². The van der Waals surface area contributed by atoms with Gasteiger partial charge in [0.25, 0.3) is 5.56 Å². The van der Waals surface area contributed by atoms with Crippen LogP contribution in [0.1, 0.15) is 162 Å². The smallest absolute Gasteiger partial charge is 0.414 e. The van der Waals surface area contributed by atoms with Gasteiger partial charge in [-0.25, -0.2) is 29.3 Å². The number of ketones is 1. The first-order valence-electron chi connectivity index (χ1n) is 37.9. The van der Waals surface area contributed by atoms with E-state index in [1.807, 2.05) is 55.3 Å². The van der Waals surface area contributed by atoms with E-state index in [1.165, 1.54) is 63.7 Å². The molecule has 2 saturated carbocycles. The number of anilines is 3. The van der Waals surface area contributed by atoms with E-state index in [0.29, 0.717) is 41.9 Å². The summed E-state index contributed by atoms with van der Waals surface area (Å²) < 4.78 is 29.8. The van der Waals surface area contributed by atoms with E-state index >= 15 is 0 Å². The highest BCUT2D eigenvalue weighted by molar-refractivity contribution is 6.30. The summed E-state index contributed by atoms with van der Waals surface area (Å²) in [5.74, 6) is 3.38. The van der Waals surface area contributed by atoms with Crippen LogP contribution < -0.4 is 25.6 Å². The van der Waals surface area contributed by atoms with E-state index in [9.17, 15) is 24.0 Å². The highest BCUT2D eigenvalue weighted by atomic mass is 35.5. The minimum absolute atomic E-state index is 0.0128. The number of aryl methyl sites for hydroxylation is 5. The molecule has 4 fully saturated rings. The number of ether oxygens (including phenoxy) is 4. The monoisotopic (exact) mass is 1450 g/mol. The van der Waals surface area contributed by atoms with Gasteiger partial charge in [-0.3, -0.25) is 34.2 Å². The quantitative estimate of drug-likeness (QED) is 0.100. The summed E-state index contributed by atoms with van der Waals surface area (Å²) in [6.07, 6.45) is 19.7. The number of aromatic nitrogens is 8. The molecule has 4 aromatic carbocycles. The van der Waals surface area contributed by atoms with Crippen molar-refractivity contribution in [2.45, 2.75) is 193 Å². The van der Waals surface area contributed by atoms with Crippen molar-refractivity contribution >= 4 is 85.8 Å². The molecule has 1 spiro atoms. The number of halogens is 1. The number of fused-ring (bicyclic) bond motifs is 9. The van der Waals surface area contributed by atoms with E-state index in [4.69, 9.17) is 45.5 Å². The summed E-state index contributed by atoms with van der Waals surface area (Å²) in [4.78, 5) is 90.0. The normalized spacial score (nSPS) is 21.3. The fourth-order valence-electron chi connectivity index (χ4n) is 17.9. The fourth-order valence-corrected chi connectivity index (χ4v) is 18.0. The predicted octanol–water partition coefficient (Wildman–Crippen LogP) is 14.2. The van der Waals surface area contributed by atoms with Crippen LogP contribution in [0.3, 0.4) is 0 Å². The second-order valence-corrected chi connectivity index (χ2v) is 30.6. The molecular weight excluding hydrogens is 1350 g/mol. The molecule has 2 saturated heterocycles. The molecule has 22 nitrogen and oxygen atoms in total. The van der Waals surface area contributed by atoms with Crippen LogP contribution in [0.15, 0.2) is 114 Å². The summed E-state index contributed by atoms with van der Waals surface area (Å²) in [6.45, 7) is 14.0. The number of carbonyl (C=O) groups excluding carboxylic acids is 4. The Morgan fingerprint density at radius 1 is 0.629 bits per heavy atom. The molecule has 10 heterocycles. The zero-order valence-electron chi connectivity index (χ0n) is 62.0. The molecule has 1 N–H and O–H groups in total. The van der Waals surface area contributed by atoms with Crippen molar-refractivity contribution in [3.05, 3.63) is 170 Å².